The van der Waals surface area contributed by atoms with Crippen molar-refractivity contribution in [1.29, 1.82) is 0 Å². The van der Waals surface area contributed by atoms with E-state index >= 15 is 0 Å². The number of thiophene rings is 1. The van der Waals surface area contributed by atoms with Gasteiger partial charge in [0.1, 0.15) is 5.69 Å². The standard InChI is InChI=1S/C19H21N3O4S/c23-17(20-8-5-15-2-1-11-27-15)13-6-9-22(10-7-13)18(24)16-4-3-14(12-21-16)19(25)26/h1-4,11-13H,5-10H2,(H,20,23)(H,25,26). The molecular formula is C19H21N3O4S. The second-order valence-electron chi connectivity index (χ2n) is 6.42. The van der Waals surface area contributed by atoms with Gasteiger partial charge < -0.3 is 15.3 Å². The fourth-order valence-corrected chi connectivity index (χ4v) is 3.77. The van der Waals surface area contributed by atoms with Crippen LogP contribution in [0.2, 0.25) is 0 Å². The molecule has 1 saturated heterocycles. The Morgan fingerprint density at radius 3 is 2.59 bits per heavy atom. The van der Waals surface area contributed by atoms with E-state index in [1.165, 1.54) is 23.2 Å². The molecule has 3 rings (SSSR count). The third kappa shape index (κ3) is 4.91. The van der Waals surface area contributed by atoms with Crippen molar-refractivity contribution in [2.24, 2.45) is 5.92 Å². The van der Waals surface area contributed by atoms with Crippen molar-refractivity contribution in [3.8, 4) is 0 Å². The second-order valence-corrected chi connectivity index (χ2v) is 7.46. The first-order valence-electron chi connectivity index (χ1n) is 8.83. The van der Waals surface area contributed by atoms with Crippen LogP contribution in [0.25, 0.3) is 0 Å². The van der Waals surface area contributed by atoms with Crippen LogP contribution in [0.15, 0.2) is 35.8 Å². The number of likely N-dealkylation sites (tertiary alicyclic amines) is 1. The van der Waals surface area contributed by atoms with Crippen LogP contribution >= 0.6 is 11.3 Å². The number of carboxylic acids is 1. The molecule has 0 atom stereocenters. The Balaban J connectivity index is 1.45. The van der Waals surface area contributed by atoms with Gasteiger partial charge in [-0.3, -0.25) is 14.6 Å². The fourth-order valence-electron chi connectivity index (χ4n) is 3.06. The van der Waals surface area contributed by atoms with E-state index in [0.717, 1.165) is 6.42 Å². The molecule has 1 fully saturated rings. The van der Waals surface area contributed by atoms with E-state index in [9.17, 15) is 14.4 Å². The highest BCUT2D eigenvalue weighted by Gasteiger charge is 2.28. The third-order valence-electron chi connectivity index (χ3n) is 4.63. The topological polar surface area (TPSA) is 99.6 Å². The van der Waals surface area contributed by atoms with E-state index in [0.29, 0.717) is 32.5 Å². The molecule has 8 heteroatoms. The molecule has 2 amide bonds. The molecule has 2 N–H and O–H groups in total. The molecular weight excluding hydrogens is 366 g/mol. The summed E-state index contributed by atoms with van der Waals surface area (Å²) in [6.07, 6.45) is 3.25. The molecule has 0 bridgehead atoms. The lowest BCUT2D eigenvalue weighted by molar-refractivity contribution is -0.126. The number of piperidine rings is 1. The van der Waals surface area contributed by atoms with Gasteiger partial charge >= 0.3 is 5.97 Å². The third-order valence-corrected chi connectivity index (χ3v) is 5.57. The van der Waals surface area contributed by atoms with E-state index in [1.54, 1.807) is 16.2 Å². The zero-order chi connectivity index (χ0) is 19.2. The predicted octanol–water partition coefficient (Wildman–Crippen LogP) is 2.05. The van der Waals surface area contributed by atoms with Crippen LogP contribution in [0.5, 0.6) is 0 Å². The smallest absolute Gasteiger partial charge is 0.337 e. The maximum atomic E-state index is 12.5. The van der Waals surface area contributed by atoms with Gasteiger partial charge in [-0.15, -0.1) is 11.3 Å². The average Bonchev–Trinajstić information content (AvgIpc) is 3.21. The van der Waals surface area contributed by atoms with Gasteiger partial charge in [0.05, 0.1) is 5.56 Å². The number of amides is 2. The fraction of sp³-hybridized carbons (Fsp3) is 0.368. The Kier molecular flexibility index (Phi) is 6.18. The van der Waals surface area contributed by atoms with Gasteiger partial charge in [0.25, 0.3) is 5.91 Å². The van der Waals surface area contributed by atoms with Gasteiger partial charge in [-0.05, 0) is 42.8 Å². The monoisotopic (exact) mass is 387 g/mol. The second kappa shape index (κ2) is 8.77. The molecule has 0 aliphatic carbocycles. The van der Waals surface area contributed by atoms with Crippen LogP contribution in [0, 0.1) is 5.92 Å². The summed E-state index contributed by atoms with van der Waals surface area (Å²) >= 11 is 1.68. The molecule has 0 spiro atoms. The minimum absolute atomic E-state index is 0.0441. The molecule has 1 aliphatic rings. The molecule has 142 valence electrons. The van der Waals surface area contributed by atoms with Crippen molar-refractivity contribution < 1.29 is 19.5 Å². The molecule has 0 saturated carbocycles. The zero-order valence-corrected chi connectivity index (χ0v) is 15.6. The number of hydrogen-bond donors (Lipinski definition) is 2. The molecule has 0 aromatic carbocycles. The van der Waals surface area contributed by atoms with Crippen molar-refractivity contribution in [3.63, 3.8) is 0 Å². The normalized spacial score (nSPS) is 14.7. The first-order chi connectivity index (χ1) is 13.0. The molecule has 2 aromatic heterocycles. The molecule has 2 aromatic rings. The van der Waals surface area contributed by atoms with Gasteiger partial charge in [-0.2, -0.15) is 0 Å². The molecule has 7 nitrogen and oxygen atoms in total. The van der Waals surface area contributed by atoms with E-state index < -0.39 is 5.97 Å². The SMILES string of the molecule is O=C(O)c1ccc(C(=O)N2CCC(C(=O)NCCc3cccs3)CC2)nc1. The Morgan fingerprint density at radius 2 is 2.00 bits per heavy atom. The van der Waals surface area contributed by atoms with Crippen LogP contribution in [0.3, 0.4) is 0 Å². The van der Waals surface area contributed by atoms with E-state index in [-0.39, 0.29) is 29.0 Å². The van der Waals surface area contributed by atoms with Crippen molar-refractivity contribution >= 4 is 29.1 Å². The summed E-state index contributed by atoms with van der Waals surface area (Å²) in [5.74, 6) is -1.35. The molecule has 0 radical (unpaired) electrons. The largest absolute Gasteiger partial charge is 0.478 e. The maximum absolute atomic E-state index is 12.5. The summed E-state index contributed by atoms with van der Waals surface area (Å²) in [7, 11) is 0. The highest BCUT2D eigenvalue weighted by molar-refractivity contribution is 7.09. The van der Waals surface area contributed by atoms with Crippen molar-refractivity contribution in [2.75, 3.05) is 19.6 Å². The number of aromatic carboxylic acids is 1. The minimum Gasteiger partial charge on any atom is -0.478 e. The van der Waals surface area contributed by atoms with Crippen LogP contribution in [-0.4, -0.2) is 52.4 Å². The van der Waals surface area contributed by atoms with Gasteiger partial charge in [0.15, 0.2) is 0 Å². The van der Waals surface area contributed by atoms with Crippen LogP contribution in [0.1, 0.15) is 38.6 Å². The van der Waals surface area contributed by atoms with Crippen molar-refractivity contribution in [2.45, 2.75) is 19.3 Å². The Hall–Kier alpha value is -2.74. The van der Waals surface area contributed by atoms with Gasteiger partial charge in [-0.1, -0.05) is 6.07 Å². The number of carbonyl (C=O) groups is 3. The van der Waals surface area contributed by atoms with Crippen LogP contribution in [-0.2, 0) is 11.2 Å². The summed E-state index contributed by atoms with van der Waals surface area (Å²) in [6.45, 7) is 1.60. The summed E-state index contributed by atoms with van der Waals surface area (Å²) in [6, 6.07) is 6.85. The number of rotatable bonds is 6. The number of carbonyl (C=O) groups excluding carboxylic acids is 2. The maximum Gasteiger partial charge on any atom is 0.337 e. The minimum atomic E-state index is -1.08. The van der Waals surface area contributed by atoms with Crippen molar-refractivity contribution in [1.82, 2.24) is 15.2 Å². The molecule has 0 unspecified atom stereocenters. The average molecular weight is 387 g/mol. The lowest BCUT2D eigenvalue weighted by Gasteiger charge is -2.31. The van der Waals surface area contributed by atoms with E-state index in [4.69, 9.17) is 5.11 Å². The number of nitrogens with zero attached hydrogens (tertiary/aromatic N) is 2. The number of pyridine rings is 1. The molecule has 27 heavy (non-hydrogen) atoms. The molecule has 3 heterocycles. The summed E-state index contributed by atoms with van der Waals surface area (Å²) in [5, 5.41) is 13.9. The summed E-state index contributed by atoms with van der Waals surface area (Å²) in [5.41, 5.74) is 0.267. The molecule has 1 aliphatic heterocycles. The van der Waals surface area contributed by atoms with E-state index in [2.05, 4.69) is 16.4 Å². The Bertz CT molecular complexity index is 797. The van der Waals surface area contributed by atoms with Crippen LogP contribution < -0.4 is 5.32 Å². The van der Waals surface area contributed by atoms with E-state index in [1.807, 2.05) is 11.4 Å². The number of nitrogens with one attached hydrogen (secondary N) is 1. The number of aromatic nitrogens is 1. The van der Waals surface area contributed by atoms with Gasteiger partial charge in [-0.25, -0.2) is 4.79 Å². The van der Waals surface area contributed by atoms with Gasteiger partial charge in [0.2, 0.25) is 5.91 Å². The van der Waals surface area contributed by atoms with Gasteiger partial charge in [0, 0.05) is 36.6 Å². The van der Waals surface area contributed by atoms with Crippen LogP contribution in [0.4, 0.5) is 0 Å². The summed E-state index contributed by atoms with van der Waals surface area (Å²) in [4.78, 5) is 42.5. The first kappa shape index (κ1) is 19.0. The lowest BCUT2D eigenvalue weighted by Crippen LogP contribution is -2.43. The van der Waals surface area contributed by atoms with Crippen molar-refractivity contribution in [3.05, 3.63) is 52.0 Å². The summed E-state index contributed by atoms with van der Waals surface area (Å²) < 4.78 is 0. The highest BCUT2D eigenvalue weighted by atomic mass is 32.1. The first-order valence-corrected chi connectivity index (χ1v) is 9.71. The predicted molar refractivity (Wildman–Crippen MR) is 101 cm³/mol. The Labute approximate surface area is 161 Å². The quantitative estimate of drug-likeness (QED) is 0.790. The number of hydrogen-bond acceptors (Lipinski definition) is 5. The lowest BCUT2D eigenvalue weighted by atomic mass is 9.95. The zero-order valence-electron chi connectivity index (χ0n) is 14.8. The Morgan fingerprint density at radius 1 is 1.22 bits per heavy atom. The highest BCUT2D eigenvalue weighted by Crippen LogP contribution is 2.19. The number of carboxylic acid groups (broad SMARTS) is 1.